The molecule has 1 aromatic rings. The maximum absolute atomic E-state index is 12.6. The standard InChI is InChI=1S/C16H26N2O2S/c1-12-6-4-3-5-7-15(12)18-21(19,20)16-9-8-14(11-17)10-13(16)2/h8-10,12,15,18H,3-7,11,17H2,1-2H3. The van der Waals surface area contributed by atoms with E-state index in [0.29, 0.717) is 17.4 Å². The van der Waals surface area contributed by atoms with Crippen molar-refractivity contribution in [3.8, 4) is 0 Å². The predicted molar refractivity (Wildman–Crippen MR) is 85.4 cm³/mol. The highest BCUT2D eigenvalue weighted by molar-refractivity contribution is 7.89. The lowest BCUT2D eigenvalue weighted by Crippen LogP contribution is -2.39. The Hall–Kier alpha value is -0.910. The van der Waals surface area contributed by atoms with E-state index in [9.17, 15) is 8.42 Å². The molecular formula is C16H26N2O2S. The first-order valence-corrected chi connectivity index (χ1v) is 9.24. The fraction of sp³-hybridized carbons (Fsp3) is 0.625. The van der Waals surface area contributed by atoms with Crippen molar-refractivity contribution in [2.75, 3.05) is 0 Å². The van der Waals surface area contributed by atoms with Gasteiger partial charge in [0.15, 0.2) is 0 Å². The van der Waals surface area contributed by atoms with Crippen LogP contribution in [0.1, 0.15) is 50.2 Å². The fourth-order valence-corrected chi connectivity index (χ4v) is 4.68. The van der Waals surface area contributed by atoms with Gasteiger partial charge in [-0.05, 0) is 42.9 Å². The molecule has 0 spiro atoms. The monoisotopic (exact) mass is 310 g/mol. The van der Waals surface area contributed by atoms with E-state index < -0.39 is 10.0 Å². The van der Waals surface area contributed by atoms with E-state index >= 15 is 0 Å². The van der Waals surface area contributed by atoms with Gasteiger partial charge in [0.25, 0.3) is 0 Å². The Balaban J connectivity index is 2.21. The van der Waals surface area contributed by atoms with Crippen LogP contribution in [0.25, 0.3) is 0 Å². The Kier molecular flexibility index (Phi) is 5.41. The molecule has 0 heterocycles. The molecule has 2 unspecified atom stereocenters. The van der Waals surface area contributed by atoms with Gasteiger partial charge < -0.3 is 5.73 Å². The molecule has 1 aliphatic rings. The summed E-state index contributed by atoms with van der Waals surface area (Å²) >= 11 is 0. The van der Waals surface area contributed by atoms with Crippen LogP contribution in [0.2, 0.25) is 0 Å². The van der Waals surface area contributed by atoms with E-state index in [1.54, 1.807) is 12.1 Å². The van der Waals surface area contributed by atoms with Crippen molar-refractivity contribution in [2.24, 2.45) is 11.7 Å². The molecular weight excluding hydrogens is 284 g/mol. The number of hydrogen-bond donors (Lipinski definition) is 2. The average molecular weight is 310 g/mol. The summed E-state index contributed by atoms with van der Waals surface area (Å²) in [5, 5.41) is 0. The topological polar surface area (TPSA) is 72.2 Å². The van der Waals surface area contributed by atoms with E-state index in [0.717, 1.165) is 30.4 Å². The number of hydrogen-bond acceptors (Lipinski definition) is 3. The maximum Gasteiger partial charge on any atom is 0.241 e. The van der Waals surface area contributed by atoms with E-state index in [1.165, 1.54) is 12.8 Å². The summed E-state index contributed by atoms with van der Waals surface area (Å²) in [6, 6.07) is 5.36. The summed E-state index contributed by atoms with van der Waals surface area (Å²) in [5.41, 5.74) is 7.31. The lowest BCUT2D eigenvalue weighted by molar-refractivity contribution is 0.399. The highest BCUT2D eigenvalue weighted by Crippen LogP contribution is 2.25. The van der Waals surface area contributed by atoms with Gasteiger partial charge in [0.1, 0.15) is 0 Å². The molecule has 2 rings (SSSR count). The predicted octanol–water partition coefficient (Wildman–Crippen LogP) is 2.70. The summed E-state index contributed by atoms with van der Waals surface area (Å²) in [6.45, 7) is 4.39. The second-order valence-corrected chi connectivity index (χ2v) is 7.83. The van der Waals surface area contributed by atoms with Gasteiger partial charge in [-0.15, -0.1) is 0 Å². The molecule has 0 saturated heterocycles. The maximum atomic E-state index is 12.6. The van der Waals surface area contributed by atoms with Gasteiger partial charge in [-0.2, -0.15) is 0 Å². The smallest absolute Gasteiger partial charge is 0.241 e. The number of nitrogens with one attached hydrogen (secondary N) is 1. The summed E-state index contributed by atoms with van der Waals surface area (Å²) in [4.78, 5) is 0.371. The van der Waals surface area contributed by atoms with Crippen LogP contribution < -0.4 is 10.5 Å². The van der Waals surface area contributed by atoms with Crippen LogP contribution in [0.15, 0.2) is 23.1 Å². The minimum absolute atomic E-state index is 0.0473. The first kappa shape index (κ1) is 16.5. The molecule has 21 heavy (non-hydrogen) atoms. The molecule has 1 aliphatic carbocycles. The van der Waals surface area contributed by atoms with Gasteiger partial charge in [0, 0.05) is 12.6 Å². The SMILES string of the molecule is Cc1cc(CN)ccc1S(=O)(=O)NC1CCCCCC1C. The van der Waals surface area contributed by atoms with Crippen LogP contribution in [-0.4, -0.2) is 14.5 Å². The fourth-order valence-electron chi connectivity index (χ4n) is 3.07. The zero-order chi connectivity index (χ0) is 15.5. The first-order valence-electron chi connectivity index (χ1n) is 7.76. The van der Waals surface area contributed by atoms with Gasteiger partial charge >= 0.3 is 0 Å². The van der Waals surface area contributed by atoms with Crippen LogP contribution in [0.4, 0.5) is 0 Å². The normalized spacial score (nSPS) is 23.8. The van der Waals surface area contributed by atoms with Crippen LogP contribution >= 0.6 is 0 Å². The van der Waals surface area contributed by atoms with Crippen molar-refractivity contribution >= 4 is 10.0 Å². The molecule has 3 N–H and O–H groups in total. The third-order valence-electron chi connectivity index (χ3n) is 4.43. The molecule has 5 heteroatoms. The molecule has 1 saturated carbocycles. The van der Waals surface area contributed by atoms with Gasteiger partial charge in [-0.1, -0.05) is 38.3 Å². The highest BCUT2D eigenvalue weighted by atomic mass is 32.2. The number of nitrogens with two attached hydrogens (primary N) is 1. The zero-order valence-electron chi connectivity index (χ0n) is 12.9. The molecule has 0 aromatic heterocycles. The van der Waals surface area contributed by atoms with E-state index in [-0.39, 0.29) is 6.04 Å². The highest BCUT2D eigenvalue weighted by Gasteiger charge is 2.26. The number of rotatable bonds is 4. The molecule has 0 aliphatic heterocycles. The van der Waals surface area contributed by atoms with Crippen molar-refractivity contribution in [3.63, 3.8) is 0 Å². The summed E-state index contributed by atoms with van der Waals surface area (Å²) in [7, 11) is -3.46. The molecule has 1 aromatic carbocycles. The second kappa shape index (κ2) is 6.90. The Morgan fingerprint density at radius 2 is 1.95 bits per heavy atom. The molecule has 0 radical (unpaired) electrons. The number of aryl methyl sites for hydroxylation is 1. The van der Waals surface area contributed by atoms with Gasteiger partial charge in [0.05, 0.1) is 4.90 Å². The van der Waals surface area contributed by atoms with Crippen LogP contribution in [0, 0.1) is 12.8 Å². The van der Waals surface area contributed by atoms with Crippen LogP contribution in [0.3, 0.4) is 0 Å². The Labute approximate surface area is 128 Å². The molecule has 2 atom stereocenters. The Morgan fingerprint density at radius 3 is 2.62 bits per heavy atom. The van der Waals surface area contributed by atoms with E-state index in [4.69, 9.17) is 5.73 Å². The van der Waals surface area contributed by atoms with Gasteiger partial charge in [-0.25, -0.2) is 13.1 Å². The molecule has 0 amide bonds. The van der Waals surface area contributed by atoms with Crippen molar-refractivity contribution in [2.45, 2.75) is 63.4 Å². The van der Waals surface area contributed by atoms with Crippen LogP contribution in [0.5, 0.6) is 0 Å². The van der Waals surface area contributed by atoms with Crippen molar-refractivity contribution in [3.05, 3.63) is 29.3 Å². The van der Waals surface area contributed by atoms with Gasteiger partial charge in [0.2, 0.25) is 10.0 Å². The third-order valence-corrected chi connectivity index (χ3v) is 6.08. The van der Waals surface area contributed by atoms with Crippen molar-refractivity contribution in [1.82, 2.24) is 4.72 Å². The molecule has 1 fully saturated rings. The Morgan fingerprint density at radius 1 is 1.24 bits per heavy atom. The molecule has 0 bridgehead atoms. The molecule has 118 valence electrons. The number of sulfonamides is 1. The average Bonchev–Trinajstić information content (AvgIpc) is 2.63. The van der Waals surface area contributed by atoms with Gasteiger partial charge in [-0.3, -0.25) is 0 Å². The first-order chi connectivity index (χ1) is 9.94. The minimum atomic E-state index is -3.46. The van der Waals surface area contributed by atoms with Crippen LogP contribution in [-0.2, 0) is 16.6 Å². The summed E-state index contributed by atoms with van der Waals surface area (Å²) in [5.74, 6) is 0.394. The van der Waals surface area contributed by atoms with Crippen molar-refractivity contribution in [1.29, 1.82) is 0 Å². The lowest BCUT2D eigenvalue weighted by atomic mass is 9.98. The molecule has 4 nitrogen and oxygen atoms in total. The third kappa shape index (κ3) is 4.05. The Bertz CT molecular complexity index is 584. The van der Waals surface area contributed by atoms with Crippen molar-refractivity contribution < 1.29 is 8.42 Å². The number of benzene rings is 1. The lowest BCUT2D eigenvalue weighted by Gasteiger charge is -2.23. The second-order valence-electron chi connectivity index (χ2n) is 6.15. The minimum Gasteiger partial charge on any atom is -0.326 e. The van der Waals surface area contributed by atoms with E-state index in [2.05, 4.69) is 11.6 Å². The largest absolute Gasteiger partial charge is 0.326 e. The summed E-state index contributed by atoms with van der Waals surface area (Å²) < 4.78 is 28.2. The quantitative estimate of drug-likeness (QED) is 0.840. The van der Waals surface area contributed by atoms with E-state index in [1.807, 2.05) is 13.0 Å². The zero-order valence-corrected chi connectivity index (χ0v) is 13.7. The summed E-state index contributed by atoms with van der Waals surface area (Å²) in [6.07, 6.45) is 5.53.